The van der Waals surface area contributed by atoms with Gasteiger partial charge in [-0.25, -0.2) is 13.6 Å². The SMILES string of the molecule is CN1C(C)(C)CC(CNc2nc(Nc3ccc(N4CCC(CS(C)(C)(=O)O)CC4)c(C(F)(F)F)c3)ncc2F)C1(C)C. The van der Waals surface area contributed by atoms with Crippen molar-refractivity contribution >= 4 is 32.5 Å². The molecular formula is C29H44F4N6O2S. The van der Waals surface area contributed by atoms with Crippen LogP contribution in [0.4, 0.5) is 40.7 Å². The lowest BCUT2D eigenvalue weighted by Crippen LogP contribution is -2.47. The van der Waals surface area contributed by atoms with Crippen molar-refractivity contribution < 1.29 is 26.3 Å². The fourth-order valence-electron chi connectivity index (χ4n) is 6.40. The zero-order chi connectivity index (χ0) is 31.3. The minimum absolute atomic E-state index is 0.0116. The lowest BCUT2D eigenvalue weighted by molar-refractivity contribution is -0.137. The van der Waals surface area contributed by atoms with E-state index in [0.717, 1.165) is 18.7 Å². The minimum atomic E-state index is -4.62. The molecule has 2 saturated heterocycles. The molecule has 0 spiro atoms. The van der Waals surface area contributed by atoms with Crippen LogP contribution in [0.1, 0.15) is 52.5 Å². The van der Waals surface area contributed by atoms with Gasteiger partial charge in [-0.1, -0.05) is 0 Å². The van der Waals surface area contributed by atoms with Gasteiger partial charge in [0, 0.05) is 60.4 Å². The molecule has 1 atom stereocenters. The molecule has 0 saturated carbocycles. The fraction of sp³-hybridized carbons (Fsp3) is 0.655. The highest BCUT2D eigenvalue weighted by Gasteiger charge is 2.49. The Morgan fingerprint density at radius 3 is 2.33 bits per heavy atom. The number of nitrogens with zero attached hydrogens (tertiary/aromatic N) is 4. The van der Waals surface area contributed by atoms with Crippen molar-refractivity contribution in [2.45, 2.75) is 64.2 Å². The van der Waals surface area contributed by atoms with Crippen LogP contribution in [-0.4, -0.2) is 79.7 Å². The maximum Gasteiger partial charge on any atom is 0.418 e. The van der Waals surface area contributed by atoms with Crippen LogP contribution in [0.2, 0.25) is 0 Å². The Hall–Kier alpha value is -2.51. The van der Waals surface area contributed by atoms with Crippen LogP contribution in [0, 0.1) is 17.7 Å². The molecular weight excluding hydrogens is 572 g/mol. The van der Waals surface area contributed by atoms with Gasteiger partial charge in [0.1, 0.15) is 0 Å². The first-order valence-corrected chi connectivity index (χ1v) is 17.1. The van der Waals surface area contributed by atoms with Gasteiger partial charge in [0.25, 0.3) is 0 Å². The van der Waals surface area contributed by atoms with E-state index in [9.17, 15) is 26.3 Å². The average Bonchev–Trinajstić information content (AvgIpc) is 3.01. The van der Waals surface area contributed by atoms with Gasteiger partial charge in [-0.2, -0.15) is 27.5 Å². The first-order valence-electron chi connectivity index (χ1n) is 14.2. The Bertz CT molecular complexity index is 1360. The lowest BCUT2D eigenvalue weighted by atomic mass is 9.87. The van der Waals surface area contributed by atoms with Crippen LogP contribution in [0.3, 0.4) is 0 Å². The Morgan fingerprint density at radius 1 is 1.14 bits per heavy atom. The average molecular weight is 617 g/mol. The summed E-state index contributed by atoms with van der Waals surface area (Å²) in [4.78, 5) is 12.2. The highest BCUT2D eigenvalue weighted by Crippen LogP contribution is 2.44. The topological polar surface area (TPSA) is 93.6 Å². The second kappa shape index (κ2) is 10.9. The zero-order valence-electron chi connectivity index (χ0n) is 25.5. The van der Waals surface area contributed by atoms with E-state index in [1.807, 2.05) is 0 Å². The van der Waals surface area contributed by atoms with Crippen molar-refractivity contribution in [1.82, 2.24) is 14.9 Å². The molecule has 1 unspecified atom stereocenters. The van der Waals surface area contributed by atoms with Gasteiger partial charge < -0.3 is 20.1 Å². The molecule has 2 aliphatic heterocycles. The Balaban J connectivity index is 1.48. The van der Waals surface area contributed by atoms with Gasteiger partial charge >= 0.3 is 6.18 Å². The summed E-state index contributed by atoms with van der Waals surface area (Å²) >= 11 is 0. The number of likely N-dealkylation sites (tertiary alicyclic amines) is 1. The molecule has 2 aliphatic rings. The van der Waals surface area contributed by atoms with E-state index in [1.54, 1.807) is 4.90 Å². The Kier molecular flexibility index (Phi) is 8.40. The van der Waals surface area contributed by atoms with Gasteiger partial charge in [-0.15, -0.1) is 0 Å². The number of alkyl halides is 3. The molecule has 2 aromatic rings. The predicted octanol–water partition coefficient (Wildman–Crippen LogP) is 6.07. The maximum absolute atomic E-state index is 14.6. The van der Waals surface area contributed by atoms with E-state index in [1.165, 1.54) is 24.6 Å². The standard InChI is InChI=1S/C29H44F4N6O2S/c1-27(2)15-20(28(3,4)38(27)5)16-34-25-23(30)17-35-26(37-25)36-21-8-9-24(22(14-21)29(31,32)33)39-12-10-19(11-13-39)18-42(6,7,40)41/h8-9,14,17,19-20H,10-13,15-16,18H2,1-7H3,(H,40,41)(H2,34,35,36,37). The van der Waals surface area contributed by atoms with Gasteiger partial charge in [-0.05, 0) is 84.0 Å². The number of hydrogen-bond donors (Lipinski definition) is 3. The normalized spacial score (nSPS) is 22.5. The smallest absolute Gasteiger partial charge is 0.371 e. The van der Waals surface area contributed by atoms with Crippen LogP contribution in [0.15, 0.2) is 24.4 Å². The van der Waals surface area contributed by atoms with Gasteiger partial charge in [0.05, 0.1) is 11.8 Å². The molecule has 8 nitrogen and oxygen atoms in total. The third-order valence-electron chi connectivity index (χ3n) is 9.00. The molecule has 3 heterocycles. The largest absolute Gasteiger partial charge is 0.418 e. The number of hydrogen-bond acceptors (Lipinski definition) is 7. The van der Waals surface area contributed by atoms with E-state index in [4.69, 9.17) is 0 Å². The molecule has 1 aromatic carbocycles. The van der Waals surface area contributed by atoms with Crippen LogP contribution < -0.4 is 15.5 Å². The number of aromatic nitrogens is 2. The van der Waals surface area contributed by atoms with E-state index in [0.29, 0.717) is 32.5 Å². The van der Waals surface area contributed by atoms with Crippen LogP contribution in [0.25, 0.3) is 0 Å². The van der Waals surface area contributed by atoms with Crippen molar-refractivity contribution in [1.29, 1.82) is 0 Å². The van der Waals surface area contributed by atoms with E-state index in [2.05, 4.69) is 60.2 Å². The number of anilines is 4. The van der Waals surface area contributed by atoms with Crippen molar-refractivity contribution in [2.24, 2.45) is 11.8 Å². The molecule has 0 radical (unpaired) electrons. The molecule has 0 bridgehead atoms. The highest BCUT2D eigenvalue weighted by molar-refractivity contribution is 8.13. The van der Waals surface area contributed by atoms with E-state index >= 15 is 0 Å². The molecule has 3 N–H and O–H groups in total. The number of piperidine rings is 1. The van der Waals surface area contributed by atoms with Crippen molar-refractivity contribution in [3.63, 3.8) is 0 Å². The first kappa shape index (κ1) is 32.4. The van der Waals surface area contributed by atoms with E-state index in [-0.39, 0.29) is 51.8 Å². The monoisotopic (exact) mass is 616 g/mol. The molecule has 1 aromatic heterocycles. The summed E-state index contributed by atoms with van der Waals surface area (Å²) in [5, 5.41) is 5.89. The third-order valence-corrected chi connectivity index (χ3v) is 10.4. The van der Waals surface area contributed by atoms with Gasteiger partial charge in [0.15, 0.2) is 11.6 Å². The first-order chi connectivity index (χ1) is 19.1. The Labute approximate surface area is 245 Å². The molecule has 13 heteroatoms. The fourth-order valence-corrected chi connectivity index (χ4v) is 8.08. The van der Waals surface area contributed by atoms with Crippen LogP contribution >= 0.6 is 0 Å². The summed E-state index contributed by atoms with van der Waals surface area (Å²) in [7, 11) is -1.60. The zero-order valence-corrected chi connectivity index (χ0v) is 26.3. The summed E-state index contributed by atoms with van der Waals surface area (Å²) in [6.07, 6.45) is 1.00. The van der Waals surface area contributed by atoms with Crippen molar-refractivity contribution in [3.05, 3.63) is 35.8 Å². The lowest BCUT2D eigenvalue weighted by Gasteiger charge is -2.41. The van der Waals surface area contributed by atoms with Gasteiger partial charge in [-0.3, -0.25) is 4.90 Å². The number of halogens is 4. The second-order valence-corrected chi connectivity index (χ2v) is 18.0. The number of benzene rings is 1. The number of nitrogens with one attached hydrogen (secondary N) is 2. The van der Waals surface area contributed by atoms with Crippen molar-refractivity contribution in [3.8, 4) is 0 Å². The quantitative estimate of drug-likeness (QED) is 0.308. The highest BCUT2D eigenvalue weighted by atomic mass is 32.3. The third kappa shape index (κ3) is 7.52. The van der Waals surface area contributed by atoms with Crippen molar-refractivity contribution in [2.75, 3.05) is 60.5 Å². The molecule has 2 fully saturated rings. The molecule has 236 valence electrons. The number of rotatable bonds is 8. The molecule has 0 amide bonds. The summed E-state index contributed by atoms with van der Waals surface area (Å²) in [6, 6.07) is 3.94. The summed E-state index contributed by atoms with van der Waals surface area (Å²) in [5.41, 5.74) is -0.769. The molecule has 0 aliphatic carbocycles. The predicted molar refractivity (Wildman–Crippen MR) is 162 cm³/mol. The summed E-state index contributed by atoms with van der Waals surface area (Å²) in [6.45, 7) is 9.83. The van der Waals surface area contributed by atoms with Crippen LogP contribution in [-0.2, 0) is 15.5 Å². The molecule has 42 heavy (non-hydrogen) atoms. The Morgan fingerprint density at radius 2 is 1.79 bits per heavy atom. The maximum atomic E-state index is 14.6. The van der Waals surface area contributed by atoms with Crippen LogP contribution in [0.5, 0.6) is 0 Å². The molecule has 4 rings (SSSR count). The van der Waals surface area contributed by atoms with Gasteiger partial charge in [0.2, 0.25) is 5.95 Å². The second-order valence-electron chi connectivity index (χ2n) is 13.7. The summed E-state index contributed by atoms with van der Waals surface area (Å²) in [5.74, 6) is -0.352. The summed E-state index contributed by atoms with van der Waals surface area (Å²) < 4.78 is 79.6. The minimum Gasteiger partial charge on any atom is -0.371 e. The van der Waals surface area contributed by atoms with E-state index < -0.39 is 26.9 Å².